The van der Waals surface area contributed by atoms with Crippen molar-refractivity contribution in [3.05, 3.63) is 20.8 Å². The van der Waals surface area contributed by atoms with Crippen LogP contribution in [-0.2, 0) is 4.74 Å². The fourth-order valence-electron chi connectivity index (χ4n) is 1.81. The fourth-order valence-corrected chi connectivity index (χ4v) is 3.36. The van der Waals surface area contributed by atoms with Gasteiger partial charge in [-0.3, -0.25) is 0 Å². The summed E-state index contributed by atoms with van der Waals surface area (Å²) >= 11 is 5.21. The van der Waals surface area contributed by atoms with Crippen LogP contribution >= 0.6 is 27.3 Å². The number of hydrogen-bond acceptors (Lipinski definition) is 3. The highest BCUT2D eigenvalue weighted by molar-refractivity contribution is 9.11. The molecule has 18 heavy (non-hydrogen) atoms. The maximum atomic E-state index is 6.17. The second-order valence-electron chi connectivity index (χ2n) is 5.04. The van der Waals surface area contributed by atoms with Gasteiger partial charge in [0.15, 0.2) is 0 Å². The molecule has 1 rings (SSSR count). The Morgan fingerprint density at radius 1 is 1.39 bits per heavy atom. The molecule has 1 heterocycles. The molecule has 0 bridgehead atoms. The molecule has 2 nitrogen and oxygen atoms in total. The molecule has 1 aromatic heterocycles. The standard InChI is InChI=1S/C14H24BrNOS/c1-4-11(16)14(12-7-8-13(15)18-12)17-9-5-6-10(2)3/h7-8,10-11,14H,4-6,9,16H2,1-3H3. The number of hydrogen-bond donors (Lipinski definition) is 1. The van der Waals surface area contributed by atoms with Gasteiger partial charge in [-0.05, 0) is 53.2 Å². The van der Waals surface area contributed by atoms with Gasteiger partial charge in [-0.15, -0.1) is 11.3 Å². The molecule has 0 aromatic carbocycles. The average Bonchev–Trinajstić information content (AvgIpc) is 2.74. The van der Waals surface area contributed by atoms with Crippen molar-refractivity contribution < 1.29 is 4.74 Å². The zero-order valence-electron chi connectivity index (χ0n) is 11.5. The van der Waals surface area contributed by atoms with Crippen LogP contribution in [0.25, 0.3) is 0 Å². The van der Waals surface area contributed by atoms with E-state index in [9.17, 15) is 0 Å². The van der Waals surface area contributed by atoms with Crippen LogP contribution in [0, 0.1) is 5.92 Å². The van der Waals surface area contributed by atoms with Crippen LogP contribution in [0.5, 0.6) is 0 Å². The second-order valence-corrected chi connectivity index (χ2v) is 7.54. The summed E-state index contributed by atoms with van der Waals surface area (Å²) in [5, 5.41) is 0. The third-order valence-corrected chi connectivity index (χ3v) is 4.64. The van der Waals surface area contributed by atoms with Crippen molar-refractivity contribution in [2.24, 2.45) is 11.7 Å². The maximum absolute atomic E-state index is 6.17. The van der Waals surface area contributed by atoms with Crippen LogP contribution in [0.3, 0.4) is 0 Å². The van der Waals surface area contributed by atoms with Crippen molar-refractivity contribution in [3.63, 3.8) is 0 Å². The molecule has 0 aliphatic rings. The topological polar surface area (TPSA) is 35.2 Å². The lowest BCUT2D eigenvalue weighted by atomic mass is 10.1. The summed E-state index contributed by atoms with van der Waals surface area (Å²) in [6.07, 6.45) is 3.29. The summed E-state index contributed by atoms with van der Waals surface area (Å²) in [6, 6.07) is 4.25. The van der Waals surface area contributed by atoms with Gasteiger partial charge in [-0.25, -0.2) is 0 Å². The summed E-state index contributed by atoms with van der Waals surface area (Å²) in [4.78, 5) is 1.22. The minimum atomic E-state index is 0.0402. The molecule has 0 saturated carbocycles. The first kappa shape index (κ1) is 16.2. The first-order valence-corrected chi connectivity index (χ1v) is 8.28. The van der Waals surface area contributed by atoms with Crippen LogP contribution in [-0.4, -0.2) is 12.6 Å². The molecule has 2 unspecified atom stereocenters. The highest BCUT2D eigenvalue weighted by Gasteiger charge is 2.20. The molecule has 0 radical (unpaired) electrons. The fraction of sp³-hybridized carbons (Fsp3) is 0.714. The van der Waals surface area contributed by atoms with E-state index in [4.69, 9.17) is 10.5 Å². The van der Waals surface area contributed by atoms with E-state index >= 15 is 0 Å². The summed E-state index contributed by atoms with van der Waals surface area (Å²) in [6.45, 7) is 7.39. The Kier molecular flexibility index (Phi) is 7.46. The van der Waals surface area contributed by atoms with Crippen molar-refractivity contribution in [2.75, 3.05) is 6.61 Å². The predicted octanol–water partition coefficient (Wildman–Crippen LogP) is 4.74. The van der Waals surface area contributed by atoms with Gasteiger partial charge in [-0.1, -0.05) is 20.8 Å². The van der Waals surface area contributed by atoms with E-state index in [1.54, 1.807) is 11.3 Å². The molecule has 0 aliphatic heterocycles. The molecule has 1 aromatic rings. The van der Waals surface area contributed by atoms with Gasteiger partial charge >= 0.3 is 0 Å². The Morgan fingerprint density at radius 2 is 2.11 bits per heavy atom. The van der Waals surface area contributed by atoms with Crippen LogP contribution < -0.4 is 5.73 Å². The van der Waals surface area contributed by atoms with E-state index in [1.165, 1.54) is 11.3 Å². The minimum absolute atomic E-state index is 0.0402. The van der Waals surface area contributed by atoms with Gasteiger partial charge in [0.05, 0.1) is 3.79 Å². The van der Waals surface area contributed by atoms with Gasteiger partial charge in [0.25, 0.3) is 0 Å². The number of rotatable bonds is 8. The summed E-state index contributed by atoms with van der Waals surface area (Å²) < 4.78 is 7.14. The lowest BCUT2D eigenvalue weighted by molar-refractivity contribution is 0.0325. The molecule has 0 fully saturated rings. The summed E-state index contributed by atoms with van der Waals surface area (Å²) in [5.41, 5.74) is 6.17. The molecular weight excluding hydrogens is 310 g/mol. The number of thiophene rings is 1. The lowest BCUT2D eigenvalue weighted by Crippen LogP contribution is -2.29. The lowest BCUT2D eigenvalue weighted by Gasteiger charge is -2.22. The average molecular weight is 334 g/mol. The van der Waals surface area contributed by atoms with E-state index in [0.29, 0.717) is 0 Å². The molecule has 2 atom stereocenters. The second kappa shape index (κ2) is 8.31. The minimum Gasteiger partial charge on any atom is -0.371 e. The Balaban J connectivity index is 2.51. The van der Waals surface area contributed by atoms with E-state index in [0.717, 1.165) is 29.2 Å². The van der Waals surface area contributed by atoms with Crippen molar-refractivity contribution in [1.29, 1.82) is 0 Å². The van der Waals surface area contributed by atoms with Crippen LogP contribution in [0.2, 0.25) is 0 Å². The van der Waals surface area contributed by atoms with Crippen LogP contribution in [0.15, 0.2) is 15.9 Å². The third-order valence-electron chi connectivity index (χ3n) is 2.96. The van der Waals surface area contributed by atoms with Crippen molar-refractivity contribution in [3.8, 4) is 0 Å². The molecular formula is C14H24BrNOS. The van der Waals surface area contributed by atoms with Crippen LogP contribution in [0.4, 0.5) is 0 Å². The van der Waals surface area contributed by atoms with Gasteiger partial charge in [-0.2, -0.15) is 0 Å². The van der Waals surface area contributed by atoms with Crippen molar-refractivity contribution in [2.45, 2.75) is 52.2 Å². The quantitative estimate of drug-likeness (QED) is 0.697. The van der Waals surface area contributed by atoms with E-state index in [-0.39, 0.29) is 12.1 Å². The summed E-state index contributed by atoms with van der Waals surface area (Å²) in [5.74, 6) is 0.739. The molecule has 4 heteroatoms. The smallest absolute Gasteiger partial charge is 0.107 e. The van der Waals surface area contributed by atoms with Gasteiger partial charge in [0.2, 0.25) is 0 Å². The first-order chi connectivity index (χ1) is 8.54. The van der Waals surface area contributed by atoms with Crippen LogP contribution in [0.1, 0.15) is 51.0 Å². The normalized spacial score (nSPS) is 15.0. The zero-order valence-corrected chi connectivity index (χ0v) is 13.9. The monoisotopic (exact) mass is 333 g/mol. The summed E-state index contributed by atoms with van der Waals surface area (Å²) in [7, 11) is 0. The molecule has 0 saturated heterocycles. The van der Waals surface area contributed by atoms with Crippen molar-refractivity contribution >= 4 is 27.3 Å². The van der Waals surface area contributed by atoms with E-state index in [2.05, 4.69) is 48.8 Å². The highest BCUT2D eigenvalue weighted by Crippen LogP contribution is 2.31. The Bertz CT molecular complexity index is 340. The van der Waals surface area contributed by atoms with Crippen molar-refractivity contribution in [1.82, 2.24) is 0 Å². The van der Waals surface area contributed by atoms with E-state index in [1.807, 2.05) is 0 Å². The molecule has 2 N–H and O–H groups in total. The molecule has 0 amide bonds. The molecule has 104 valence electrons. The number of ether oxygens (including phenoxy) is 1. The molecule has 0 spiro atoms. The Morgan fingerprint density at radius 3 is 2.61 bits per heavy atom. The third kappa shape index (κ3) is 5.39. The highest BCUT2D eigenvalue weighted by atomic mass is 79.9. The Labute approximate surface area is 123 Å². The van der Waals surface area contributed by atoms with Gasteiger partial charge in [0.1, 0.15) is 6.10 Å². The first-order valence-electron chi connectivity index (χ1n) is 6.67. The number of nitrogens with two attached hydrogens (primary N) is 1. The van der Waals surface area contributed by atoms with E-state index < -0.39 is 0 Å². The van der Waals surface area contributed by atoms with Gasteiger partial charge < -0.3 is 10.5 Å². The zero-order chi connectivity index (χ0) is 13.5. The maximum Gasteiger partial charge on any atom is 0.107 e. The number of halogens is 1. The molecule has 0 aliphatic carbocycles. The largest absolute Gasteiger partial charge is 0.371 e. The van der Waals surface area contributed by atoms with Gasteiger partial charge in [0, 0.05) is 17.5 Å². The SMILES string of the molecule is CCC(N)C(OCCCC(C)C)c1ccc(Br)s1. The Hall–Kier alpha value is 0.1000. The predicted molar refractivity (Wildman–Crippen MR) is 83.1 cm³/mol.